The van der Waals surface area contributed by atoms with E-state index >= 15 is 0 Å². The monoisotopic (exact) mass is 438 g/mol. The van der Waals surface area contributed by atoms with Gasteiger partial charge in [0.25, 0.3) is 11.7 Å². The first kappa shape index (κ1) is 20.6. The highest BCUT2D eigenvalue weighted by Crippen LogP contribution is 2.43. The number of ketones is 1. The molecule has 164 valence electrons. The van der Waals surface area contributed by atoms with Crippen LogP contribution in [0.15, 0.2) is 90.6 Å². The van der Waals surface area contributed by atoms with Crippen molar-refractivity contribution in [2.24, 2.45) is 0 Å². The smallest absolute Gasteiger partial charge is 0.300 e. The topological polar surface area (TPSA) is 82.6 Å². The summed E-state index contributed by atoms with van der Waals surface area (Å²) in [5, 5.41) is 12.2. The van der Waals surface area contributed by atoms with E-state index in [1.165, 1.54) is 4.90 Å². The molecule has 0 aliphatic carbocycles. The second-order valence-electron chi connectivity index (χ2n) is 7.76. The lowest BCUT2D eigenvalue weighted by Crippen LogP contribution is -2.29. The molecule has 1 atom stereocenters. The van der Waals surface area contributed by atoms with Crippen molar-refractivity contribution in [2.75, 3.05) is 11.5 Å². The van der Waals surface area contributed by atoms with Gasteiger partial charge in [0.05, 0.1) is 18.2 Å². The van der Waals surface area contributed by atoms with E-state index in [0.29, 0.717) is 29.2 Å². The normalized spacial score (nSPS) is 17.6. The third kappa shape index (κ3) is 3.46. The first-order chi connectivity index (χ1) is 16.1. The van der Waals surface area contributed by atoms with Gasteiger partial charge in [-0.3, -0.25) is 14.5 Å². The molecule has 2 N–H and O–H groups in total. The quantitative estimate of drug-likeness (QED) is 0.255. The first-order valence-electron chi connectivity index (χ1n) is 10.8. The van der Waals surface area contributed by atoms with Crippen LogP contribution in [0.1, 0.15) is 24.1 Å². The van der Waals surface area contributed by atoms with Crippen LogP contribution >= 0.6 is 0 Å². The highest BCUT2D eigenvalue weighted by molar-refractivity contribution is 6.51. The summed E-state index contributed by atoms with van der Waals surface area (Å²) in [6.07, 6.45) is 1.66. The minimum absolute atomic E-state index is 0.0438. The lowest BCUT2D eigenvalue weighted by molar-refractivity contribution is -0.132. The lowest BCUT2D eigenvalue weighted by atomic mass is 9.95. The number of carbonyl (C=O) groups is 2. The Morgan fingerprint density at radius 2 is 1.76 bits per heavy atom. The molecule has 1 aromatic heterocycles. The SMILES string of the molecule is CCOc1cccc(C2/C(=C(/O)c3c[nH]c4ccccc34)C(=O)C(=O)N2c2ccccc2)c1. The van der Waals surface area contributed by atoms with Gasteiger partial charge in [0, 0.05) is 28.4 Å². The van der Waals surface area contributed by atoms with Crippen molar-refractivity contribution in [1.29, 1.82) is 0 Å². The van der Waals surface area contributed by atoms with Crippen molar-refractivity contribution in [2.45, 2.75) is 13.0 Å². The zero-order valence-electron chi connectivity index (χ0n) is 18.0. The zero-order chi connectivity index (χ0) is 22.9. The van der Waals surface area contributed by atoms with Gasteiger partial charge in [0.15, 0.2) is 0 Å². The number of hydrogen-bond donors (Lipinski definition) is 2. The van der Waals surface area contributed by atoms with Gasteiger partial charge in [-0.2, -0.15) is 0 Å². The lowest BCUT2D eigenvalue weighted by Gasteiger charge is -2.25. The van der Waals surface area contributed by atoms with Gasteiger partial charge < -0.3 is 14.8 Å². The number of H-pyrrole nitrogens is 1. The summed E-state index contributed by atoms with van der Waals surface area (Å²) in [4.78, 5) is 31.1. The molecule has 5 rings (SSSR count). The number of ether oxygens (including phenoxy) is 1. The Morgan fingerprint density at radius 3 is 2.55 bits per heavy atom. The Hall–Kier alpha value is -4.32. The van der Waals surface area contributed by atoms with Crippen LogP contribution < -0.4 is 9.64 Å². The van der Waals surface area contributed by atoms with Crippen molar-refractivity contribution in [3.8, 4) is 5.75 Å². The molecule has 1 aliphatic heterocycles. The number of Topliss-reactive ketones (excluding diaryl/α,β-unsaturated/α-hetero) is 1. The number of amides is 1. The number of nitrogens with zero attached hydrogens (tertiary/aromatic N) is 1. The van der Waals surface area contributed by atoms with E-state index in [-0.39, 0.29) is 11.3 Å². The molecule has 0 bridgehead atoms. The highest BCUT2D eigenvalue weighted by Gasteiger charge is 2.47. The van der Waals surface area contributed by atoms with Crippen molar-refractivity contribution in [3.63, 3.8) is 0 Å². The second-order valence-corrected chi connectivity index (χ2v) is 7.76. The first-order valence-corrected chi connectivity index (χ1v) is 10.8. The number of aromatic nitrogens is 1. The Morgan fingerprint density at radius 1 is 1.00 bits per heavy atom. The van der Waals surface area contributed by atoms with Crippen molar-refractivity contribution in [1.82, 2.24) is 4.98 Å². The number of hydrogen-bond acceptors (Lipinski definition) is 4. The van der Waals surface area contributed by atoms with Gasteiger partial charge in [-0.25, -0.2) is 0 Å². The molecule has 1 fully saturated rings. The van der Waals surface area contributed by atoms with E-state index in [2.05, 4.69) is 4.98 Å². The molecule has 1 saturated heterocycles. The molecule has 3 aromatic carbocycles. The maximum absolute atomic E-state index is 13.3. The van der Waals surface area contributed by atoms with Gasteiger partial charge in [0.1, 0.15) is 11.5 Å². The third-order valence-corrected chi connectivity index (χ3v) is 5.81. The highest BCUT2D eigenvalue weighted by atomic mass is 16.5. The summed E-state index contributed by atoms with van der Waals surface area (Å²) in [6, 6.07) is 23.0. The number of aromatic amines is 1. The number of aliphatic hydroxyl groups is 1. The van der Waals surface area contributed by atoms with Crippen LogP contribution in [0.3, 0.4) is 0 Å². The molecule has 6 nitrogen and oxygen atoms in total. The Balaban J connectivity index is 1.75. The van der Waals surface area contributed by atoms with E-state index in [0.717, 1.165) is 10.9 Å². The molecule has 1 amide bonds. The van der Waals surface area contributed by atoms with E-state index in [1.807, 2.05) is 67.6 Å². The average Bonchev–Trinajstić information content (AvgIpc) is 3.39. The van der Waals surface area contributed by atoms with Crippen molar-refractivity contribution in [3.05, 3.63) is 102 Å². The third-order valence-electron chi connectivity index (χ3n) is 5.81. The van der Waals surface area contributed by atoms with E-state index in [1.54, 1.807) is 24.4 Å². The molecule has 6 heteroatoms. The standard InChI is InChI=1S/C27H22N2O4/c1-2-33-19-12-8-9-17(15-19)24-23(25(30)21-16-28-22-14-7-6-13-20(21)22)26(31)27(32)29(24)18-10-4-3-5-11-18/h3-16,24,28,30H,2H2,1H3/b25-23-. The number of aliphatic hydroxyl groups excluding tert-OH is 1. The summed E-state index contributed by atoms with van der Waals surface area (Å²) in [7, 11) is 0. The fourth-order valence-corrected chi connectivity index (χ4v) is 4.36. The fourth-order valence-electron chi connectivity index (χ4n) is 4.36. The minimum Gasteiger partial charge on any atom is -0.507 e. The molecule has 0 saturated carbocycles. The number of carbonyl (C=O) groups excluding carboxylic acids is 2. The summed E-state index contributed by atoms with van der Waals surface area (Å²) in [5.74, 6) is -1.00. The van der Waals surface area contributed by atoms with Crippen LogP contribution in [0.5, 0.6) is 5.75 Å². The molecule has 1 unspecified atom stereocenters. The summed E-state index contributed by atoms with van der Waals surface area (Å²) < 4.78 is 5.65. The molecular weight excluding hydrogens is 416 g/mol. The fraction of sp³-hybridized carbons (Fsp3) is 0.111. The zero-order valence-corrected chi connectivity index (χ0v) is 18.0. The summed E-state index contributed by atoms with van der Waals surface area (Å²) in [6.45, 7) is 2.37. The number of nitrogens with one attached hydrogen (secondary N) is 1. The molecule has 2 heterocycles. The summed E-state index contributed by atoms with van der Waals surface area (Å²) in [5.41, 5.74) is 2.59. The molecule has 0 radical (unpaired) electrons. The van der Waals surface area contributed by atoms with Gasteiger partial charge in [-0.05, 0) is 42.8 Å². The van der Waals surface area contributed by atoms with Gasteiger partial charge in [-0.15, -0.1) is 0 Å². The van der Waals surface area contributed by atoms with Gasteiger partial charge in [-0.1, -0.05) is 48.5 Å². The number of para-hydroxylation sites is 2. The number of rotatable bonds is 5. The van der Waals surface area contributed by atoms with Crippen LogP contribution in [0.4, 0.5) is 5.69 Å². The number of anilines is 1. The largest absolute Gasteiger partial charge is 0.507 e. The van der Waals surface area contributed by atoms with Crippen LogP contribution in [0, 0.1) is 0 Å². The minimum atomic E-state index is -0.804. The predicted molar refractivity (Wildman–Crippen MR) is 127 cm³/mol. The molecule has 33 heavy (non-hydrogen) atoms. The maximum atomic E-state index is 13.3. The Bertz CT molecular complexity index is 1390. The Kier molecular flexibility index (Phi) is 5.18. The van der Waals surface area contributed by atoms with Crippen LogP contribution in [0.25, 0.3) is 16.7 Å². The van der Waals surface area contributed by atoms with Gasteiger partial charge >= 0.3 is 0 Å². The number of fused-ring (bicyclic) bond motifs is 1. The molecule has 1 aliphatic rings. The van der Waals surface area contributed by atoms with Crippen molar-refractivity contribution < 1.29 is 19.4 Å². The van der Waals surface area contributed by atoms with Crippen molar-refractivity contribution >= 4 is 34.0 Å². The molecular formula is C27H22N2O4. The maximum Gasteiger partial charge on any atom is 0.300 e. The van der Waals surface area contributed by atoms with Crippen LogP contribution in [-0.2, 0) is 9.59 Å². The van der Waals surface area contributed by atoms with E-state index in [9.17, 15) is 14.7 Å². The molecule has 0 spiro atoms. The van der Waals surface area contributed by atoms with E-state index < -0.39 is 17.7 Å². The second kappa shape index (κ2) is 8.31. The van der Waals surface area contributed by atoms with Gasteiger partial charge in [0.2, 0.25) is 0 Å². The van der Waals surface area contributed by atoms with E-state index in [4.69, 9.17) is 4.74 Å². The average molecular weight is 438 g/mol. The predicted octanol–water partition coefficient (Wildman–Crippen LogP) is 5.19. The Labute approximate surface area is 190 Å². The molecule has 4 aromatic rings. The van der Waals surface area contributed by atoms with Crippen LogP contribution in [-0.4, -0.2) is 28.4 Å². The van der Waals surface area contributed by atoms with Crippen LogP contribution in [0.2, 0.25) is 0 Å². The number of benzene rings is 3. The summed E-state index contributed by atoms with van der Waals surface area (Å²) >= 11 is 0.